The molecule has 0 radical (unpaired) electrons. The van der Waals surface area contributed by atoms with E-state index in [-0.39, 0.29) is 0 Å². The van der Waals surface area contributed by atoms with Gasteiger partial charge in [-0.1, -0.05) is 0 Å². The SMILES string of the molecule is Cn1nccc1CNc1ccc(-n2ccnc2)nc1. The van der Waals surface area contributed by atoms with Gasteiger partial charge in [-0.2, -0.15) is 5.10 Å². The van der Waals surface area contributed by atoms with Crippen LogP contribution in [0.2, 0.25) is 0 Å². The van der Waals surface area contributed by atoms with E-state index in [4.69, 9.17) is 0 Å². The lowest BCUT2D eigenvalue weighted by atomic mass is 10.3. The first-order valence-corrected chi connectivity index (χ1v) is 5.98. The third-order valence-corrected chi connectivity index (χ3v) is 2.91. The number of anilines is 1. The van der Waals surface area contributed by atoms with Gasteiger partial charge in [0, 0.05) is 25.6 Å². The van der Waals surface area contributed by atoms with E-state index in [1.165, 1.54) is 0 Å². The highest BCUT2D eigenvalue weighted by molar-refractivity contribution is 5.43. The van der Waals surface area contributed by atoms with Gasteiger partial charge in [-0.05, 0) is 18.2 Å². The van der Waals surface area contributed by atoms with Crippen LogP contribution in [0.15, 0.2) is 49.3 Å². The van der Waals surface area contributed by atoms with Gasteiger partial charge in [-0.3, -0.25) is 9.25 Å². The first-order chi connectivity index (χ1) is 9.33. The molecule has 3 rings (SSSR count). The predicted molar refractivity (Wildman–Crippen MR) is 71.9 cm³/mol. The summed E-state index contributed by atoms with van der Waals surface area (Å²) >= 11 is 0. The molecule has 3 aromatic rings. The quantitative estimate of drug-likeness (QED) is 0.768. The normalized spacial score (nSPS) is 10.6. The maximum atomic E-state index is 4.38. The number of imidazole rings is 1. The average Bonchev–Trinajstić information content (AvgIpc) is 3.09. The van der Waals surface area contributed by atoms with Crippen molar-refractivity contribution in [3.63, 3.8) is 0 Å². The molecule has 3 aromatic heterocycles. The molecule has 0 saturated heterocycles. The molecule has 19 heavy (non-hydrogen) atoms. The molecule has 0 aliphatic rings. The van der Waals surface area contributed by atoms with Gasteiger partial charge in [0.15, 0.2) is 0 Å². The first kappa shape index (κ1) is 11.5. The Labute approximate surface area is 110 Å². The first-order valence-electron chi connectivity index (χ1n) is 5.98. The van der Waals surface area contributed by atoms with Crippen molar-refractivity contribution in [1.82, 2.24) is 24.3 Å². The van der Waals surface area contributed by atoms with Crippen LogP contribution in [-0.2, 0) is 13.6 Å². The third-order valence-electron chi connectivity index (χ3n) is 2.91. The molecule has 0 fully saturated rings. The monoisotopic (exact) mass is 254 g/mol. The Hall–Kier alpha value is -2.63. The van der Waals surface area contributed by atoms with Crippen molar-refractivity contribution in [3.8, 4) is 5.82 Å². The van der Waals surface area contributed by atoms with Crippen molar-refractivity contribution in [2.75, 3.05) is 5.32 Å². The second-order valence-corrected chi connectivity index (χ2v) is 4.17. The van der Waals surface area contributed by atoms with Crippen LogP contribution in [0.5, 0.6) is 0 Å². The van der Waals surface area contributed by atoms with Crippen LogP contribution >= 0.6 is 0 Å². The molecule has 6 heteroatoms. The molecule has 0 unspecified atom stereocenters. The molecule has 96 valence electrons. The number of aryl methyl sites for hydroxylation is 1. The van der Waals surface area contributed by atoms with Crippen LogP contribution in [0, 0.1) is 0 Å². The smallest absolute Gasteiger partial charge is 0.137 e. The van der Waals surface area contributed by atoms with E-state index in [2.05, 4.69) is 20.4 Å². The zero-order valence-corrected chi connectivity index (χ0v) is 10.6. The van der Waals surface area contributed by atoms with Gasteiger partial charge in [0.25, 0.3) is 0 Å². The van der Waals surface area contributed by atoms with Crippen LogP contribution in [0.4, 0.5) is 5.69 Å². The van der Waals surface area contributed by atoms with Gasteiger partial charge < -0.3 is 5.32 Å². The van der Waals surface area contributed by atoms with Crippen LogP contribution in [0.25, 0.3) is 5.82 Å². The lowest BCUT2D eigenvalue weighted by Gasteiger charge is -2.07. The van der Waals surface area contributed by atoms with Crippen LogP contribution in [0.3, 0.4) is 0 Å². The lowest BCUT2D eigenvalue weighted by Crippen LogP contribution is -2.05. The van der Waals surface area contributed by atoms with Gasteiger partial charge in [0.05, 0.1) is 24.1 Å². The van der Waals surface area contributed by atoms with E-state index < -0.39 is 0 Å². The highest BCUT2D eigenvalue weighted by atomic mass is 15.3. The maximum Gasteiger partial charge on any atom is 0.137 e. The average molecular weight is 254 g/mol. The number of hydrogen-bond acceptors (Lipinski definition) is 4. The summed E-state index contributed by atoms with van der Waals surface area (Å²) in [5.41, 5.74) is 2.10. The molecule has 0 atom stereocenters. The second-order valence-electron chi connectivity index (χ2n) is 4.17. The summed E-state index contributed by atoms with van der Waals surface area (Å²) in [7, 11) is 1.93. The van der Waals surface area contributed by atoms with Crippen LogP contribution < -0.4 is 5.32 Å². The Bertz CT molecular complexity index is 638. The molecule has 6 nitrogen and oxygen atoms in total. The summed E-state index contributed by atoms with van der Waals surface area (Å²) in [5, 5.41) is 7.44. The van der Waals surface area contributed by atoms with E-state index in [0.717, 1.165) is 23.7 Å². The van der Waals surface area contributed by atoms with Crippen LogP contribution in [-0.4, -0.2) is 24.3 Å². The predicted octanol–water partition coefficient (Wildman–Crippen LogP) is 1.61. The van der Waals surface area contributed by atoms with E-state index >= 15 is 0 Å². The Morgan fingerprint density at radius 2 is 2.16 bits per heavy atom. The minimum Gasteiger partial charge on any atom is -0.378 e. The molecule has 0 aromatic carbocycles. The van der Waals surface area contributed by atoms with Gasteiger partial charge in [0.1, 0.15) is 12.1 Å². The molecule has 3 heterocycles. The summed E-state index contributed by atoms with van der Waals surface area (Å²) < 4.78 is 3.71. The molecule has 1 N–H and O–H groups in total. The van der Waals surface area contributed by atoms with Gasteiger partial charge in [-0.15, -0.1) is 0 Å². The minimum atomic E-state index is 0.725. The number of nitrogens with zero attached hydrogens (tertiary/aromatic N) is 5. The number of pyridine rings is 1. The third kappa shape index (κ3) is 2.47. The van der Waals surface area contributed by atoms with Gasteiger partial charge in [0.2, 0.25) is 0 Å². The van der Waals surface area contributed by atoms with Gasteiger partial charge in [-0.25, -0.2) is 9.97 Å². The minimum absolute atomic E-state index is 0.725. The standard InChI is InChI=1S/C13H14N6/c1-18-12(4-5-17-18)9-15-11-2-3-13(16-8-11)19-7-6-14-10-19/h2-8,10,15H,9H2,1H3. The fourth-order valence-corrected chi connectivity index (χ4v) is 1.81. The van der Waals surface area contributed by atoms with E-state index in [1.807, 2.05) is 46.9 Å². The van der Waals surface area contributed by atoms with Crippen molar-refractivity contribution < 1.29 is 0 Å². The molecule has 0 bridgehead atoms. The molecule has 0 spiro atoms. The summed E-state index contributed by atoms with van der Waals surface area (Å²) in [6.07, 6.45) is 8.93. The Morgan fingerprint density at radius 1 is 1.21 bits per heavy atom. The molecule has 0 amide bonds. The largest absolute Gasteiger partial charge is 0.378 e. The second kappa shape index (κ2) is 4.93. The highest BCUT2D eigenvalue weighted by Crippen LogP contribution is 2.10. The molecule has 0 saturated carbocycles. The molecule has 0 aliphatic carbocycles. The van der Waals surface area contributed by atoms with Crippen molar-refractivity contribution in [3.05, 3.63) is 55.0 Å². The number of rotatable bonds is 4. The Kier molecular flexibility index (Phi) is 2.97. The summed E-state index contributed by atoms with van der Waals surface area (Å²) in [6.45, 7) is 0.725. The van der Waals surface area contributed by atoms with E-state index in [0.29, 0.717) is 0 Å². The summed E-state index contributed by atoms with van der Waals surface area (Å²) in [5.74, 6) is 0.851. The van der Waals surface area contributed by atoms with Crippen molar-refractivity contribution in [1.29, 1.82) is 0 Å². The Morgan fingerprint density at radius 3 is 2.79 bits per heavy atom. The number of hydrogen-bond donors (Lipinski definition) is 1. The highest BCUT2D eigenvalue weighted by Gasteiger charge is 2.00. The van der Waals surface area contributed by atoms with Gasteiger partial charge >= 0.3 is 0 Å². The van der Waals surface area contributed by atoms with E-state index in [1.54, 1.807) is 18.7 Å². The van der Waals surface area contributed by atoms with Crippen molar-refractivity contribution in [2.24, 2.45) is 7.05 Å². The topological polar surface area (TPSA) is 60.6 Å². The lowest BCUT2D eigenvalue weighted by molar-refractivity contribution is 0.720. The molecular weight excluding hydrogens is 240 g/mol. The zero-order chi connectivity index (χ0) is 13.1. The maximum absolute atomic E-state index is 4.38. The molecule has 0 aliphatic heterocycles. The fourth-order valence-electron chi connectivity index (χ4n) is 1.81. The van der Waals surface area contributed by atoms with Crippen LogP contribution in [0.1, 0.15) is 5.69 Å². The van der Waals surface area contributed by atoms with E-state index in [9.17, 15) is 0 Å². The van der Waals surface area contributed by atoms with Crippen molar-refractivity contribution >= 4 is 5.69 Å². The number of nitrogens with one attached hydrogen (secondary N) is 1. The molecular formula is C13H14N6. The number of aromatic nitrogens is 5. The fraction of sp³-hybridized carbons (Fsp3) is 0.154. The summed E-state index contributed by atoms with van der Waals surface area (Å²) in [4.78, 5) is 8.38. The van der Waals surface area contributed by atoms with Crippen molar-refractivity contribution in [2.45, 2.75) is 6.54 Å². The Balaban J connectivity index is 1.68. The zero-order valence-electron chi connectivity index (χ0n) is 10.6. The summed E-state index contributed by atoms with van der Waals surface area (Å²) in [6, 6.07) is 5.94.